The summed E-state index contributed by atoms with van der Waals surface area (Å²) in [6, 6.07) is 7.66. The van der Waals surface area contributed by atoms with Gasteiger partial charge in [0.15, 0.2) is 0 Å². The summed E-state index contributed by atoms with van der Waals surface area (Å²) in [7, 11) is 0. The van der Waals surface area contributed by atoms with Gasteiger partial charge in [0.05, 0.1) is 36.8 Å². The van der Waals surface area contributed by atoms with Crippen LogP contribution in [0.4, 0.5) is 0 Å². The third-order valence-electron chi connectivity index (χ3n) is 4.56. The van der Waals surface area contributed by atoms with Crippen molar-refractivity contribution in [1.82, 2.24) is 14.9 Å². The topological polar surface area (TPSA) is 98.7 Å². The first-order valence-electron chi connectivity index (χ1n) is 8.73. The fourth-order valence-corrected chi connectivity index (χ4v) is 3.23. The van der Waals surface area contributed by atoms with Gasteiger partial charge in [0, 0.05) is 19.0 Å². The molecule has 7 heteroatoms. The third-order valence-corrected chi connectivity index (χ3v) is 4.56. The van der Waals surface area contributed by atoms with E-state index >= 15 is 0 Å². The van der Waals surface area contributed by atoms with Crippen LogP contribution < -0.4 is 0 Å². The molecule has 0 unspecified atom stereocenters. The van der Waals surface area contributed by atoms with Crippen molar-refractivity contribution in [2.24, 2.45) is 5.92 Å². The largest absolute Gasteiger partial charge is 0.390 e. The molecule has 25 heavy (non-hydrogen) atoms. The molecule has 3 rings (SSSR count). The van der Waals surface area contributed by atoms with Crippen LogP contribution in [0.1, 0.15) is 19.2 Å². The third kappa shape index (κ3) is 4.18. The van der Waals surface area contributed by atoms with E-state index in [0.29, 0.717) is 25.5 Å². The van der Waals surface area contributed by atoms with Crippen molar-refractivity contribution >= 4 is 16.9 Å². The van der Waals surface area contributed by atoms with E-state index in [1.807, 2.05) is 31.2 Å². The van der Waals surface area contributed by atoms with Gasteiger partial charge in [0.2, 0.25) is 5.91 Å². The fraction of sp³-hybridized carbons (Fsp3) is 0.556. The van der Waals surface area contributed by atoms with Crippen LogP contribution in [0, 0.1) is 5.92 Å². The smallest absolute Gasteiger partial charge is 0.230 e. The molecule has 136 valence electrons. The molecular formula is C18H25N3O4. The van der Waals surface area contributed by atoms with Gasteiger partial charge in [-0.1, -0.05) is 19.1 Å². The second-order valence-electron chi connectivity index (χ2n) is 6.57. The Morgan fingerprint density at radius 3 is 2.92 bits per heavy atom. The lowest BCUT2D eigenvalue weighted by atomic mass is 9.95. The minimum absolute atomic E-state index is 0.0480. The van der Waals surface area contributed by atoms with E-state index in [9.17, 15) is 15.0 Å². The summed E-state index contributed by atoms with van der Waals surface area (Å²) < 4.78 is 5.32. The summed E-state index contributed by atoms with van der Waals surface area (Å²) in [5.74, 6) is 0.302. The Hall–Kier alpha value is -1.96. The van der Waals surface area contributed by atoms with E-state index in [1.54, 1.807) is 4.90 Å². The maximum Gasteiger partial charge on any atom is 0.230 e. The number of benzene rings is 1. The molecule has 0 spiro atoms. The fourth-order valence-electron chi connectivity index (χ4n) is 3.23. The number of imidazole rings is 1. The molecule has 1 aromatic heterocycles. The van der Waals surface area contributed by atoms with E-state index in [1.165, 1.54) is 0 Å². The summed E-state index contributed by atoms with van der Waals surface area (Å²) in [5, 5.41) is 19.9. The molecule has 1 aromatic carbocycles. The maximum atomic E-state index is 12.7. The van der Waals surface area contributed by atoms with Gasteiger partial charge < -0.3 is 24.8 Å². The Bertz CT molecular complexity index is 684. The molecule has 1 saturated heterocycles. The van der Waals surface area contributed by atoms with Gasteiger partial charge in [0.25, 0.3) is 0 Å². The summed E-state index contributed by atoms with van der Waals surface area (Å²) in [6.07, 6.45) is -0.765. The highest BCUT2D eigenvalue weighted by molar-refractivity contribution is 5.80. The van der Waals surface area contributed by atoms with Gasteiger partial charge in [-0.2, -0.15) is 0 Å². The molecule has 0 aliphatic carbocycles. The van der Waals surface area contributed by atoms with Crippen molar-refractivity contribution in [2.45, 2.75) is 32.0 Å². The lowest BCUT2D eigenvalue weighted by Crippen LogP contribution is -2.50. The highest BCUT2D eigenvalue weighted by Crippen LogP contribution is 2.18. The van der Waals surface area contributed by atoms with Crippen LogP contribution in [0.15, 0.2) is 24.3 Å². The molecule has 3 atom stereocenters. The second kappa shape index (κ2) is 7.95. The Morgan fingerprint density at radius 2 is 2.16 bits per heavy atom. The Kier molecular flexibility index (Phi) is 5.67. The molecule has 2 aromatic rings. The lowest BCUT2D eigenvalue weighted by molar-refractivity contribution is -0.141. The van der Waals surface area contributed by atoms with Crippen LogP contribution in [0.3, 0.4) is 0 Å². The van der Waals surface area contributed by atoms with Gasteiger partial charge in [0.1, 0.15) is 11.9 Å². The average molecular weight is 347 g/mol. The van der Waals surface area contributed by atoms with Crippen LogP contribution in [0.2, 0.25) is 0 Å². The molecule has 3 N–H and O–H groups in total. The maximum absolute atomic E-state index is 12.7. The van der Waals surface area contributed by atoms with Crippen molar-refractivity contribution in [3.05, 3.63) is 30.1 Å². The summed E-state index contributed by atoms with van der Waals surface area (Å²) in [5.41, 5.74) is 1.75. The van der Waals surface area contributed by atoms with E-state index in [2.05, 4.69) is 9.97 Å². The first kappa shape index (κ1) is 17.8. The number of hydrogen-bond acceptors (Lipinski definition) is 5. The summed E-state index contributed by atoms with van der Waals surface area (Å²) in [6.45, 7) is 3.45. The molecule has 1 aliphatic heterocycles. The van der Waals surface area contributed by atoms with E-state index < -0.39 is 12.2 Å². The first-order chi connectivity index (χ1) is 12.1. The van der Waals surface area contributed by atoms with Gasteiger partial charge >= 0.3 is 0 Å². The second-order valence-corrected chi connectivity index (χ2v) is 6.57. The predicted molar refractivity (Wildman–Crippen MR) is 93.0 cm³/mol. The zero-order valence-electron chi connectivity index (χ0n) is 14.4. The Balaban J connectivity index is 1.67. The average Bonchev–Trinajstić information content (AvgIpc) is 3.00. The number of aliphatic hydroxyl groups is 2. The van der Waals surface area contributed by atoms with Gasteiger partial charge in [-0.05, 0) is 18.6 Å². The van der Waals surface area contributed by atoms with Crippen LogP contribution >= 0.6 is 0 Å². The number of aliphatic hydroxyl groups excluding tert-OH is 2. The highest BCUT2D eigenvalue weighted by atomic mass is 16.5. The zero-order valence-corrected chi connectivity index (χ0v) is 14.4. The normalized spacial score (nSPS) is 23.7. The SMILES string of the molecule is CCCN(C[C@@H]1COC[C@@H](O)[C@H]1O)C(=O)Cc1nc2ccccc2[nH]1. The number of para-hydroxylation sites is 2. The number of carbonyl (C=O) groups is 1. The quantitative estimate of drug-likeness (QED) is 0.715. The van der Waals surface area contributed by atoms with Crippen LogP contribution in [-0.2, 0) is 16.0 Å². The van der Waals surface area contributed by atoms with Gasteiger partial charge in [-0.25, -0.2) is 4.98 Å². The molecule has 0 radical (unpaired) electrons. The number of nitrogens with one attached hydrogen (secondary N) is 1. The number of fused-ring (bicyclic) bond motifs is 1. The number of aromatic nitrogens is 2. The van der Waals surface area contributed by atoms with E-state index in [0.717, 1.165) is 17.5 Å². The number of carbonyl (C=O) groups excluding carboxylic acids is 1. The number of nitrogens with zero attached hydrogens (tertiary/aromatic N) is 2. The molecule has 1 amide bonds. The van der Waals surface area contributed by atoms with Crippen LogP contribution in [0.25, 0.3) is 11.0 Å². The van der Waals surface area contributed by atoms with Crippen molar-refractivity contribution < 1.29 is 19.7 Å². The first-order valence-corrected chi connectivity index (χ1v) is 8.73. The minimum Gasteiger partial charge on any atom is -0.390 e. The standard InChI is InChI=1S/C18H25N3O4/c1-2-7-21(9-12-10-25-11-15(22)18(12)24)17(23)8-16-19-13-5-3-4-6-14(13)20-16/h3-6,12,15,18,22,24H,2,7-11H2,1H3,(H,19,20)/t12-,15-,18+/m1/s1. The number of rotatable bonds is 6. The predicted octanol–water partition coefficient (Wildman–Crippen LogP) is 0.712. The van der Waals surface area contributed by atoms with E-state index in [-0.39, 0.29) is 24.9 Å². The molecule has 2 heterocycles. The molecule has 0 saturated carbocycles. The number of ether oxygens (including phenoxy) is 1. The van der Waals surface area contributed by atoms with Crippen molar-refractivity contribution in [1.29, 1.82) is 0 Å². The molecule has 0 bridgehead atoms. The zero-order chi connectivity index (χ0) is 17.8. The molecule has 1 aliphatic rings. The van der Waals surface area contributed by atoms with Crippen LogP contribution in [0.5, 0.6) is 0 Å². The minimum atomic E-state index is -0.896. The lowest BCUT2D eigenvalue weighted by Gasteiger charge is -2.35. The molecular weight excluding hydrogens is 322 g/mol. The van der Waals surface area contributed by atoms with Crippen molar-refractivity contribution in [2.75, 3.05) is 26.3 Å². The van der Waals surface area contributed by atoms with Gasteiger partial charge in [-0.3, -0.25) is 4.79 Å². The number of amides is 1. The molecule has 7 nitrogen and oxygen atoms in total. The van der Waals surface area contributed by atoms with Crippen molar-refractivity contribution in [3.8, 4) is 0 Å². The molecule has 1 fully saturated rings. The number of hydrogen-bond donors (Lipinski definition) is 3. The number of H-pyrrole nitrogens is 1. The Labute approximate surface area is 146 Å². The van der Waals surface area contributed by atoms with E-state index in [4.69, 9.17) is 4.74 Å². The Morgan fingerprint density at radius 1 is 1.36 bits per heavy atom. The number of aromatic amines is 1. The van der Waals surface area contributed by atoms with Gasteiger partial charge in [-0.15, -0.1) is 0 Å². The van der Waals surface area contributed by atoms with Crippen molar-refractivity contribution in [3.63, 3.8) is 0 Å². The highest BCUT2D eigenvalue weighted by Gasteiger charge is 2.33. The summed E-state index contributed by atoms with van der Waals surface area (Å²) >= 11 is 0. The summed E-state index contributed by atoms with van der Waals surface area (Å²) in [4.78, 5) is 22.1. The van der Waals surface area contributed by atoms with Crippen LogP contribution in [-0.4, -0.2) is 69.5 Å². The monoisotopic (exact) mass is 347 g/mol.